The standard InChI is InChI=1S/C17H20N2O3S/c1-11-3-2-4-13-12(10-18-15(11)13)9-14(20)19-17(16(21)22)5-7-23-8-6-17/h2-4,10,18H,5-9H2,1H3,(H,19,20)(H,21,22). The molecular formula is C17H20N2O3S. The average molecular weight is 332 g/mol. The van der Waals surface area contributed by atoms with Crippen LogP contribution in [-0.4, -0.2) is 39.0 Å². The van der Waals surface area contributed by atoms with Crippen molar-refractivity contribution in [3.63, 3.8) is 0 Å². The van der Waals surface area contributed by atoms with E-state index in [9.17, 15) is 14.7 Å². The minimum Gasteiger partial charge on any atom is -0.480 e. The lowest BCUT2D eigenvalue weighted by Gasteiger charge is -2.33. The Labute approximate surface area is 138 Å². The average Bonchev–Trinajstić information content (AvgIpc) is 2.92. The number of amides is 1. The van der Waals surface area contributed by atoms with E-state index in [-0.39, 0.29) is 12.3 Å². The maximum atomic E-state index is 12.4. The van der Waals surface area contributed by atoms with E-state index in [2.05, 4.69) is 10.3 Å². The molecule has 0 aliphatic carbocycles. The summed E-state index contributed by atoms with van der Waals surface area (Å²) in [5.41, 5.74) is 1.94. The van der Waals surface area contributed by atoms with Crippen LogP contribution in [0.2, 0.25) is 0 Å². The molecule has 0 unspecified atom stereocenters. The third-order valence-corrected chi connectivity index (χ3v) is 5.48. The van der Waals surface area contributed by atoms with Gasteiger partial charge in [-0.2, -0.15) is 11.8 Å². The lowest BCUT2D eigenvalue weighted by atomic mass is 9.92. The first-order valence-corrected chi connectivity index (χ1v) is 8.85. The first-order chi connectivity index (χ1) is 11.0. The van der Waals surface area contributed by atoms with Crippen molar-refractivity contribution in [2.75, 3.05) is 11.5 Å². The minimum absolute atomic E-state index is 0.186. The Bertz CT molecular complexity index is 747. The number of thioether (sulfide) groups is 1. The van der Waals surface area contributed by atoms with E-state index in [1.165, 1.54) is 0 Å². The highest BCUT2D eigenvalue weighted by molar-refractivity contribution is 7.99. The van der Waals surface area contributed by atoms with Crippen molar-refractivity contribution < 1.29 is 14.7 Å². The zero-order chi connectivity index (χ0) is 16.4. The largest absolute Gasteiger partial charge is 0.480 e. The van der Waals surface area contributed by atoms with Crippen molar-refractivity contribution in [2.24, 2.45) is 0 Å². The van der Waals surface area contributed by atoms with Crippen molar-refractivity contribution in [1.29, 1.82) is 0 Å². The molecule has 3 N–H and O–H groups in total. The number of hydrogen-bond donors (Lipinski definition) is 3. The Hall–Kier alpha value is -1.95. The van der Waals surface area contributed by atoms with Gasteiger partial charge in [-0.1, -0.05) is 18.2 Å². The van der Waals surface area contributed by atoms with Crippen molar-refractivity contribution >= 4 is 34.5 Å². The molecule has 1 aromatic heterocycles. The van der Waals surface area contributed by atoms with Gasteiger partial charge in [0.1, 0.15) is 5.54 Å². The fourth-order valence-electron chi connectivity index (χ4n) is 3.11. The molecule has 122 valence electrons. The van der Waals surface area contributed by atoms with Crippen molar-refractivity contribution in [1.82, 2.24) is 10.3 Å². The van der Waals surface area contributed by atoms with Gasteiger partial charge >= 0.3 is 5.97 Å². The van der Waals surface area contributed by atoms with Crippen molar-refractivity contribution in [2.45, 2.75) is 31.7 Å². The Balaban J connectivity index is 1.78. The van der Waals surface area contributed by atoms with Gasteiger partial charge in [0.15, 0.2) is 0 Å². The zero-order valence-corrected chi connectivity index (χ0v) is 13.8. The molecule has 1 aliphatic heterocycles. The minimum atomic E-state index is -1.11. The Kier molecular flexibility index (Phi) is 4.35. The number of carboxylic acids is 1. The summed E-state index contributed by atoms with van der Waals surface area (Å²) in [7, 11) is 0. The SMILES string of the molecule is Cc1cccc2c(CC(=O)NC3(C(=O)O)CCSCC3)c[nH]c12. The summed E-state index contributed by atoms with van der Waals surface area (Å²) >= 11 is 1.73. The van der Waals surface area contributed by atoms with Gasteiger partial charge in [-0.05, 0) is 42.4 Å². The van der Waals surface area contributed by atoms with Gasteiger partial charge < -0.3 is 15.4 Å². The molecule has 0 bridgehead atoms. The molecule has 1 aromatic carbocycles. The number of carbonyl (C=O) groups is 2. The molecule has 1 aliphatic rings. The van der Waals surface area contributed by atoms with E-state index < -0.39 is 11.5 Å². The fraction of sp³-hybridized carbons (Fsp3) is 0.412. The predicted molar refractivity (Wildman–Crippen MR) is 91.8 cm³/mol. The maximum absolute atomic E-state index is 12.4. The number of carboxylic acid groups (broad SMARTS) is 1. The van der Waals surface area contributed by atoms with E-state index in [4.69, 9.17) is 0 Å². The van der Waals surface area contributed by atoms with Gasteiger partial charge in [0.25, 0.3) is 0 Å². The van der Waals surface area contributed by atoms with Gasteiger partial charge in [0.2, 0.25) is 5.91 Å². The summed E-state index contributed by atoms with van der Waals surface area (Å²) in [5.74, 6) is 0.361. The maximum Gasteiger partial charge on any atom is 0.329 e. The molecule has 1 fully saturated rings. The number of carbonyl (C=O) groups excluding carboxylic acids is 1. The number of aromatic amines is 1. The number of aromatic nitrogens is 1. The molecule has 0 saturated carbocycles. The number of para-hydroxylation sites is 1. The van der Waals surface area contributed by atoms with Crippen LogP contribution in [0.25, 0.3) is 10.9 Å². The first kappa shape index (κ1) is 15.9. The summed E-state index contributed by atoms with van der Waals surface area (Å²) in [6, 6.07) is 5.96. The number of nitrogens with one attached hydrogen (secondary N) is 2. The summed E-state index contributed by atoms with van der Waals surface area (Å²) in [5, 5.41) is 13.3. The normalized spacial score (nSPS) is 17.1. The Morgan fingerprint density at radius 2 is 2.09 bits per heavy atom. The third-order valence-electron chi connectivity index (χ3n) is 4.49. The first-order valence-electron chi connectivity index (χ1n) is 7.69. The number of rotatable bonds is 4. The lowest BCUT2D eigenvalue weighted by molar-refractivity contribution is -0.148. The number of hydrogen-bond acceptors (Lipinski definition) is 3. The van der Waals surface area contributed by atoms with E-state index in [1.807, 2.05) is 31.3 Å². The van der Waals surface area contributed by atoms with Gasteiger partial charge in [-0.3, -0.25) is 4.79 Å². The van der Waals surface area contributed by atoms with Gasteiger partial charge in [0, 0.05) is 17.1 Å². The summed E-state index contributed by atoms with van der Waals surface area (Å²) < 4.78 is 0. The number of benzene rings is 1. The van der Waals surface area contributed by atoms with E-state index >= 15 is 0 Å². The number of H-pyrrole nitrogens is 1. The Morgan fingerprint density at radius 1 is 1.35 bits per heavy atom. The summed E-state index contributed by atoms with van der Waals surface area (Å²) in [6.45, 7) is 2.02. The van der Waals surface area contributed by atoms with Crippen molar-refractivity contribution in [3.05, 3.63) is 35.5 Å². The second-order valence-electron chi connectivity index (χ2n) is 6.04. The molecule has 23 heavy (non-hydrogen) atoms. The molecule has 3 rings (SSSR count). The molecule has 0 atom stereocenters. The highest BCUT2D eigenvalue weighted by Crippen LogP contribution is 2.28. The molecule has 1 saturated heterocycles. The van der Waals surface area contributed by atoms with Crippen LogP contribution < -0.4 is 5.32 Å². The number of aliphatic carboxylic acids is 1. The summed E-state index contributed by atoms with van der Waals surface area (Å²) in [4.78, 5) is 27.3. The Morgan fingerprint density at radius 3 is 2.78 bits per heavy atom. The molecule has 2 aromatic rings. The molecule has 0 spiro atoms. The van der Waals surface area contributed by atoms with Gasteiger partial charge in [-0.15, -0.1) is 0 Å². The van der Waals surface area contributed by atoms with E-state index in [0.29, 0.717) is 12.8 Å². The van der Waals surface area contributed by atoms with E-state index in [1.54, 1.807) is 11.8 Å². The monoisotopic (exact) mass is 332 g/mol. The molecule has 2 heterocycles. The number of aryl methyl sites for hydroxylation is 1. The topological polar surface area (TPSA) is 82.2 Å². The second-order valence-corrected chi connectivity index (χ2v) is 7.26. The smallest absolute Gasteiger partial charge is 0.329 e. The lowest BCUT2D eigenvalue weighted by Crippen LogP contribution is -2.56. The van der Waals surface area contributed by atoms with Crippen LogP contribution in [0.4, 0.5) is 0 Å². The van der Waals surface area contributed by atoms with E-state index in [0.717, 1.165) is 33.5 Å². The zero-order valence-electron chi connectivity index (χ0n) is 13.0. The van der Waals surface area contributed by atoms with Gasteiger partial charge in [-0.25, -0.2) is 4.79 Å². The quantitative estimate of drug-likeness (QED) is 0.803. The highest BCUT2D eigenvalue weighted by atomic mass is 32.2. The van der Waals surface area contributed by atoms with Crippen LogP contribution in [0.5, 0.6) is 0 Å². The van der Waals surface area contributed by atoms with Crippen molar-refractivity contribution in [3.8, 4) is 0 Å². The van der Waals surface area contributed by atoms with Crippen LogP contribution in [0, 0.1) is 6.92 Å². The highest BCUT2D eigenvalue weighted by Gasteiger charge is 2.41. The molecule has 0 radical (unpaired) electrons. The molecule has 1 amide bonds. The van der Waals surface area contributed by atoms with Crippen LogP contribution in [0.15, 0.2) is 24.4 Å². The van der Waals surface area contributed by atoms with Crippen LogP contribution in [0.3, 0.4) is 0 Å². The van der Waals surface area contributed by atoms with Gasteiger partial charge in [0.05, 0.1) is 6.42 Å². The predicted octanol–water partition coefficient (Wildman–Crippen LogP) is 2.49. The molecular weight excluding hydrogens is 312 g/mol. The second kappa shape index (κ2) is 6.28. The van der Waals surface area contributed by atoms with Crippen LogP contribution >= 0.6 is 11.8 Å². The number of fused-ring (bicyclic) bond motifs is 1. The molecule has 5 nitrogen and oxygen atoms in total. The van der Waals surface area contributed by atoms with Crippen LogP contribution in [-0.2, 0) is 16.0 Å². The van der Waals surface area contributed by atoms with Crippen LogP contribution in [0.1, 0.15) is 24.0 Å². The summed E-state index contributed by atoms with van der Waals surface area (Å²) in [6.07, 6.45) is 2.98. The fourth-order valence-corrected chi connectivity index (χ4v) is 4.30. The molecule has 6 heteroatoms. The third kappa shape index (κ3) is 3.08.